The molecule has 1 aromatic carbocycles. The third kappa shape index (κ3) is 4.17. The van der Waals surface area contributed by atoms with Crippen LogP contribution in [-0.4, -0.2) is 36.1 Å². The number of aromatic nitrogens is 1. The molecule has 1 aromatic heterocycles. The van der Waals surface area contributed by atoms with Crippen LogP contribution in [0.1, 0.15) is 33.6 Å². The van der Waals surface area contributed by atoms with Crippen LogP contribution in [0.2, 0.25) is 0 Å². The minimum absolute atomic E-state index is 0.0754. The molecule has 1 fully saturated rings. The lowest BCUT2D eigenvalue weighted by Crippen LogP contribution is -2.32. The number of hydrogen-bond donors (Lipinski definition) is 2. The van der Waals surface area contributed by atoms with Gasteiger partial charge in [-0.05, 0) is 31.0 Å². The zero-order chi connectivity index (χ0) is 16.8. The minimum atomic E-state index is -0.303. The molecule has 0 radical (unpaired) electrons. The Hall–Kier alpha value is -2.73. The zero-order valence-corrected chi connectivity index (χ0v) is 13.2. The normalized spacial score (nSPS) is 16.6. The number of carbonyl (C=O) groups is 2. The second-order valence-corrected chi connectivity index (χ2v) is 5.63. The van der Waals surface area contributed by atoms with E-state index in [0.29, 0.717) is 23.4 Å². The predicted octanol–water partition coefficient (Wildman–Crippen LogP) is 2.24. The Morgan fingerprint density at radius 2 is 1.88 bits per heavy atom. The fraction of sp³-hybridized carbons (Fsp3) is 0.278. The highest BCUT2D eigenvalue weighted by Crippen LogP contribution is 2.12. The summed E-state index contributed by atoms with van der Waals surface area (Å²) >= 11 is 0. The average Bonchev–Trinajstić information content (AvgIpc) is 3.14. The number of benzene rings is 1. The fourth-order valence-electron chi connectivity index (χ4n) is 2.53. The zero-order valence-electron chi connectivity index (χ0n) is 13.2. The van der Waals surface area contributed by atoms with Crippen molar-refractivity contribution in [2.75, 3.05) is 18.5 Å². The summed E-state index contributed by atoms with van der Waals surface area (Å²) in [5.41, 5.74) is 1.38. The van der Waals surface area contributed by atoms with E-state index in [-0.39, 0.29) is 17.9 Å². The molecule has 1 saturated heterocycles. The maximum absolute atomic E-state index is 12.3. The van der Waals surface area contributed by atoms with Crippen LogP contribution < -0.4 is 10.6 Å². The number of anilines is 1. The van der Waals surface area contributed by atoms with Crippen molar-refractivity contribution in [3.63, 3.8) is 0 Å². The quantitative estimate of drug-likeness (QED) is 0.883. The molecule has 1 aliphatic rings. The molecular weight excluding hydrogens is 306 g/mol. The van der Waals surface area contributed by atoms with Crippen LogP contribution in [0.4, 0.5) is 5.69 Å². The molecule has 0 aliphatic carbocycles. The van der Waals surface area contributed by atoms with Crippen molar-refractivity contribution in [1.82, 2.24) is 10.3 Å². The van der Waals surface area contributed by atoms with Gasteiger partial charge in [0.25, 0.3) is 11.8 Å². The van der Waals surface area contributed by atoms with Crippen molar-refractivity contribution >= 4 is 17.5 Å². The Balaban J connectivity index is 1.62. The number of carbonyl (C=O) groups excluding carboxylic acids is 2. The van der Waals surface area contributed by atoms with Crippen molar-refractivity contribution < 1.29 is 14.3 Å². The third-order valence-corrected chi connectivity index (χ3v) is 3.81. The number of amides is 2. The third-order valence-electron chi connectivity index (χ3n) is 3.81. The average molecular weight is 325 g/mol. The molecule has 2 aromatic rings. The monoisotopic (exact) mass is 325 g/mol. The van der Waals surface area contributed by atoms with Crippen molar-refractivity contribution in [2.45, 2.75) is 18.9 Å². The first kappa shape index (κ1) is 16.1. The van der Waals surface area contributed by atoms with E-state index in [1.165, 1.54) is 18.5 Å². The van der Waals surface area contributed by atoms with Gasteiger partial charge in [-0.3, -0.25) is 14.6 Å². The van der Waals surface area contributed by atoms with E-state index < -0.39 is 0 Å². The largest absolute Gasteiger partial charge is 0.376 e. The summed E-state index contributed by atoms with van der Waals surface area (Å²) in [6.07, 6.45) is 4.95. The lowest BCUT2D eigenvalue weighted by atomic mass is 10.1. The standard InChI is InChI=1S/C18H19N3O3/c22-17(20-12-16-7-4-8-24-16)13-9-14(11-19-10-13)18(23)21-15-5-2-1-3-6-15/h1-3,5-6,9-11,16H,4,7-8,12H2,(H,20,22)(H,21,23). The first-order chi connectivity index (χ1) is 11.7. The van der Waals surface area contributed by atoms with Gasteiger partial charge in [-0.25, -0.2) is 0 Å². The summed E-state index contributed by atoms with van der Waals surface area (Å²) in [4.78, 5) is 28.4. The molecule has 124 valence electrons. The Morgan fingerprint density at radius 1 is 1.12 bits per heavy atom. The molecule has 1 unspecified atom stereocenters. The van der Waals surface area contributed by atoms with Crippen LogP contribution in [0, 0.1) is 0 Å². The molecule has 6 nitrogen and oxygen atoms in total. The number of rotatable bonds is 5. The van der Waals surface area contributed by atoms with Crippen LogP contribution in [0.5, 0.6) is 0 Å². The van der Waals surface area contributed by atoms with Gasteiger partial charge in [0.1, 0.15) is 0 Å². The van der Waals surface area contributed by atoms with E-state index in [1.807, 2.05) is 18.2 Å². The number of nitrogens with zero attached hydrogens (tertiary/aromatic N) is 1. The van der Waals surface area contributed by atoms with Gasteiger partial charge in [0.15, 0.2) is 0 Å². The van der Waals surface area contributed by atoms with Gasteiger partial charge in [0, 0.05) is 31.2 Å². The van der Waals surface area contributed by atoms with Crippen molar-refractivity contribution in [1.29, 1.82) is 0 Å². The Bertz CT molecular complexity index is 712. The summed E-state index contributed by atoms with van der Waals surface area (Å²) in [7, 11) is 0. The number of para-hydroxylation sites is 1. The summed E-state index contributed by atoms with van der Waals surface area (Å²) in [6, 6.07) is 10.7. The first-order valence-electron chi connectivity index (χ1n) is 7.93. The molecule has 2 heterocycles. The minimum Gasteiger partial charge on any atom is -0.376 e. The molecule has 24 heavy (non-hydrogen) atoms. The maximum atomic E-state index is 12.3. The highest BCUT2D eigenvalue weighted by atomic mass is 16.5. The molecule has 1 aliphatic heterocycles. The van der Waals surface area contributed by atoms with E-state index in [4.69, 9.17) is 4.74 Å². The molecule has 0 saturated carbocycles. The Kier molecular flexibility index (Phi) is 5.18. The van der Waals surface area contributed by atoms with Gasteiger partial charge < -0.3 is 15.4 Å². The Morgan fingerprint density at radius 3 is 2.58 bits per heavy atom. The smallest absolute Gasteiger partial charge is 0.257 e. The van der Waals surface area contributed by atoms with E-state index in [2.05, 4.69) is 15.6 Å². The van der Waals surface area contributed by atoms with E-state index in [0.717, 1.165) is 19.4 Å². The highest BCUT2D eigenvalue weighted by molar-refractivity contribution is 6.05. The molecule has 3 rings (SSSR count). The molecule has 2 amide bonds. The van der Waals surface area contributed by atoms with E-state index >= 15 is 0 Å². The van der Waals surface area contributed by atoms with Crippen molar-refractivity contribution in [2.24, 2.45) is 0 Å². The molecule has 0 bridgehead atoms. The number of hydrogen-bond acceptors (Lipinski definition) is 4. The molecular formula is C18H19N3O3. The predicted molar refractivity (Wildman–Crippen MR) is 89.9 cm³/mol. The highest BCUT2D eigenvalue weighted by Gasteiger charge is 2.17. The summed E-state index contributed by atoms with van der Waals surface area (Å²) < 4.78 is 5.47. The van der Waals surface area contributed by atoms with E-state index in [1.54, 1.807) is 12.1 Å². The van der Waals surface area contributed by atoms with Gasteiger partial charge in [0.05, 0.1) is 17.2 Å². The van der Waals surface area contributed by atoms with Gasteiger partial charge in [0.2, 0.25) is 0 Å². The summed E-state index contributed by atoms with van der Waals surface area (Å²) in [6.45, 7) is 1.22. The SMILES string of the molecule is O=C(NCC1CCCO1)c1cncc(C(=O)Nc2ccccc2)c1. The first-order valence-corrected chi connectivity index (χ1v) is 7.93. The van der Waals surface area contributed by atoms with Crippen LogP contribution >= 0.6 is 0 Å². The molecule has 2 N–H and O–H groups in total. The summed E-state index contributed by atoms with van der Waals surface area (Å²) in [5.74, 6) is -0.560. The van der Waals surface area contributed by atoms with Gasteiger partial charge >= 0.3 is 0 Å². The van der Waals surface area contributed by atoms with Crippen LogP contribution in [0.15, 0.2) is 48.8 Å². The number of nitrogens with one attached hydrogen (secondary N) is 2. The number of ether oxygens (including phenoxy) is 1. The molecule has 0 spiro atoms. The second kappa shape index (κ2) is 7.70. The molecule has 6 heteroatoms. The van der Waals surface area contributed by atoms with Crippen molar-refractivity contribution in [3.8, 4) is 0 Å². The van der Waals surface area contributed by atoms with Gasteiger partial charge in [-0.1, -0.05) is 18.2 Å². The lowest BCUT2D eigenvalue weighted by molar-refractivity contribution is 0.0857. The van der Waals surface area contributed by atoms with Crippen molar-refractivity contribution in [3.05, 3.63) is 59.9 Å². The maximum Gasteiger partial charge on any atom is 0.257 e. The topological polar surface area (TPSA) is 80.3 Å². The van der Waals surface area contributed by atoms with E-state index in [9.17, 15) is 9.59 Å². The fourth-order valence-corrected chi connectivity index (χ4v) is 2.53. The second-order valence-electron chi connectivity index (χ2n) is 5.63. The van der Waals surface area contributed by atoms with Gasteiger partial charge in [-0.2, -0.15) is 0 Å². The number of pyridine rings is 1. The summed E-state index contributed by atoms with van der Waals surface area (Å²) in [5, 5.41) is 5.59. The van der Waals surface area contributed by atoms with Gasteiger partial charge in [-0.15, -0.1) is 0 Å². The van der Waals surface area contributed by atoms with Crippen LogP contribution in [0.3, 0.4) is 0 Å². The van der Waals surface area contributed by atoms with Crippen LogP contribution in [-0.2, 0) is 4.74 Å². The van der Waals surface area contributed by atoms with Crippen LogP contribution in [0.25, 0.3) is 0 Å². The molecule has 1 atom stereocenters. The lowest BCUT2D eigenvalue weighted by Gasteiger charge is -2.11. The Labute approximate surface area is 140 Å².